The Bertz CT molecular complexity index is 1460. The fourth-order valence-electron chi connectivity index (χ4n) is 4.69. The average molecular weight is 562 g/mol. The molecule has 0 radical (unpaired) electrons. The molecule has 5 rings (SSSR count). The number of fused-ring (bicyclic) bond motifs is 3. The summed E-state index contributed by atoms with van der Waals surface area (Å²) in [6.07, 6.45) is 6.64. The number of thiophene rings is 1. The molecule has 0 aliphatic carbocycles. The van der Waals surface area contributed by atoms with Crippen molar-refractivity contribution in [2.45, 2.75) is 25.6 Å². The van der Waals surface area contributed by atoms with Gasteiger partial charge in [0.2, 0.25) is 0 Å². The van der Waals surface area contributed by atoms with E-state index in [0.717, 1.165) is 58.2 Å². The van der Waals surface area contributed by atoms with E-state index < -0.39 is 0 Å². The molecular formula is C30H32FN5OS2. The predicted molar refractivity (Wildman–Crippen MR) is 161 cm³/mol. The van der Waals surface area contributed by atoms with Gasteiger partial charge in [-0.2, -0.15) is 0 Å². The Morgan fingerprint density at radius 1 is 1.21 bits per heavy atom. The first-order valence-corrected chi connectivity index (χ1v) is 14.2. The van der Waals surface area contributed by atoms with Crippen molar-refractivity contribution in [2.24, 2.45) is 0 Å². The van der Waals surface area contributed by atoms with E-state index in [4.69, 9.17) is 17.0 Å². The number of rotatable bonds is 10. The third-order valence-electron chi connectivity index (χ3n) is 6.63. The summed E-state index contributed by atoms with van der Waals surface area (Å²) >= 11 is 7.42. The van der Waals surface area contributed by atoms with E-state index in [9.17, 15) is 4.39 Å². The molecule has 9 heteroatoms. The zero-order valence-corrected chi connectivity index (χ0v) is 23.8. The molecule has 0 saturated heterocycles. The second-order valence-corrected chi connectivity index (χ2v) is 11.3. The Morgan fingerprint density at radius 2 is 2.05 bits per heavy atom. The molecule has 1 atom stereocenters. The van der Waals surface area contributed by atoms with Crippen LogP contribution in [-0.2, 0) is 24.3 Å². The number of aromatic nitrogens is 2. The van der Waals surface area contributed by atoms with Gasteiger partial charge in [-0.25, -0.2) is 14.4 Å². The Hall–Kier alpha value is -3.24. The number of ether oxygens (including phenoxy) is 1. The molecule has 1 aliphatic heterocycles. The summed E-state index contributed by atoms with van der Waals surface area (Å²) in [6, 6.07) is 16.6. The van der Waals surface area contributed by atoms with Gasteiger partial charge in [0, 0.05) is 18.0 Å². The summed E-state index contributed by atoms with van der Waals surface area (Å²) in [6.45, 7) is 3.23. The molecule has 0 bridgehead atoms. The minimum absolute atomic E-state index is 0.136. The molecule has 0 spiro atoms. The lowest BCUT2D eigenvalue weighted by atomic mass is 10.0. The fourth-order valence-corrected chi connectivity index (χ4v) is 6.14. The molecule has 6 nitrogen and oxygen atoms in total. The van der Waals surface area contributed by atoms with Crippen LogP contribution in [0.4, 0.5) is 10.2 Å². The number of nitrogens with one attached hydrogen (secondary N) is 1. The Balaban J connectivity index is 1.35. The van der Waals surface area contributed by atoms with Crippen LogP contribution in [0.25, 0.3) is 10.2 Å². The van der Waals surface area contributed by atoms with Crippen molar-refractivity contribution in [3.8, 4) is 0 Å². The van der Waals surface area contributed by atoms with Crippen molar-refractivity contribution in [3.05, 3.63) is 100 Å². The molecule has 202 valence electrons. The standard InChI is InChI=1S/C30H32FN5OS2/c1-35(2)14-7-12-27(38)36-15-13-24-26(17-36)39-30-28(24)29(32-20-33-30)34-25(22-9-4-3-5-10-22)19-37-18-21-8-6-11-23(31)16-21/h3-12,16,20,25H,13-15,17-19H2,1-2H3,(H,32,33,34)/b12-7+/t25-/m1/s1. The highest BCUT2D eigenvalue weighted by atomic mass is 32.1. The maximum absolute atomic E-state index is 13.6. The highest BCUT2D eigenvalue weighted by molar-refractivity contribution is 7.80. The van der Waals surface area contributed by atoms with Crippen molar-refractivity contribution >= 4 is 44.6 Å². The topological polar surface area (TPSA) is 53.5 Å². The van der Waals surface area contributed by atoms with Crippen LogP contribution in [-0.4, -0.2) is 58.5 Å². The number of anilines is 1. The maximum atomic E-state index is 13.6. The zero-order chi connectivity index (χ0) is 27.2. The third-order valence-corrected chi connectivity index (χ3v) is 8.15. The van der Waals surface area contributed by atoms with E-state index in [1.54, 1.807) is 23.7 Å². The summed E-state index contributed by atoms with van der Waals surface area (Å²) in [5.74, 6) is 0.547. The van der Waals surface area contributed by atoms with Crippen LogP contribution in [0.1, 0.15) is 27.6 Å². The summed E-state index contributed by atoms with van der Waals surface area (Å²) in [5, 5.41) is 4.73. The molecular weight excluding hydrogens is 529 g/mol. The third kappa shape index (κ3) is 6.86. The molecule has 1 aliphatic rings. The van der Waals surface area contributed by atoms with Gasteiger partial charge in [-0.05, 0) is 55.4 Å². The van der Waals surface area contributed by atoms with Crippen LogP contribution < -0.4 is 5.32 Å². The minimum atomic E-state index is -0.261. The molecule has 0 fully saturated rings. The van der Waals surface area contributed by atoms with E-state index >= 15 is 0 Å². The number of nitrogens with zero attached hydrogens (tertiary/aromatic N) is 4. The summed E-state index contributed by atoms with van der Waals surface area (Å²) in [7, 11) is 4.09. The zero-order valence-electron chi connectivity index (χ0n) is 22.1. The first-order chi connectivity index (χ1) is 19.0. The van der Waals surface area contributed by atoms with Gasteiger partial charge in [-0.3, -0.25) is 0 Å². The summed E-state index contributed by atoms with van der Waals surface area (Å²) in [5.41, 5.74) is 3.19. The molecule has 1 N–H and O–H groups in total. The number of halogens is 1. The number of hydrogen-bond donors (Lipinski definition) is 1. The van der Waals surface area contributed by atoms with E-state index in [1.807, 2.05) is 44.4 Å². The van der Waals surface area contributed by atoms with Gasteiger partial charge in [0.25, 0.3) is 0 Å². The Morgan fingerprint density at radius 3 is 2.85 bits per heavy atom. The van der Waals surface area contributed by atoms with Crippen LogP contribution >= 0.6 is 23.6 Å². The van der Waals surface area contributed by atoms with Crippen LogP contribution in [0.15, 0.2) is 73.1 Å². The van der Waals surface area contributed by atoms with E-state index in [1.165, 1.54) is 22.6 Å². The van der Waals surface area contributed by atoms with Crippen molar-refractivity contribution < 1.29 is 9.13 Å². The first-order valence-electron chi connectivity index (χ1n) is 13.0. The lowest BCUT2D eigenvalue weighted by molar-refractivity contribution is 0.112. The molecule has 0 saturated carbocycles. The number of benzene rings is 2. The molecule has 39 heavy (non-hydrogen) atoms. The predicted octanol–water partition coefficient (Wildman–Crippen LogP) is 6.00. The Labute approximate surface area is 238 Å². The second kappa shape index (κ2) is 12.7. The van der Waals surface area contributed by atoms with Gasteiger partial charge in [-0.15, -0.1) is 11.3 Å². The monoisotopic (exact) mass is 561 g/mol. The normalized spacial score (nSPS) is 14.2. The van der Waals surface area contributed by atoms with Crippen LogP contribution in [0.5, 0.6) is 0 Å². The van der Waals surface area contributed by atoms with Gasteiger partial charge in [-0.1, -0.05) is 60.8 Å². The average Bonchev–Trinajstić information content (AvgIpc) is 3.31. The smallest absolute Gasteiger partial charge is 0.139 e. The Kier molecular flexibility index (Phi) is 8.93. The maximum Gasteiger partial charge on any atom is 0.139 e. The number of hydrogen-bond acceptors (Lipinski definition) is 7. The van der Waals surface area contributed by atoms with E-state index in [2.05, 4.69) is 43.3 Å². The van der Waals surface area contributed by atoms with Crippen LogP contribution in [0, 0.1) is 5.82 Å². The highest BCUT2D eigenvalue weighted by Crippen LogP contribution is 2.38. The molecule has 2 aromatic carbocycles. The molecule has 2 aromatic heterocycles. The second-order valence-electron chi connectivity index (χ2n) is 9.83. The molecule has 0 unspecified atom stereocenters. The minimum Gasteiger partial charge on any atom is -0.374 e. The van der Waals surface area contributed by atoms with Gasteiger partial charge in [0.05, 0.1) is 31.2 Å². The van der Waals surface area contributed by atoms with E-state index in [0.29, 0.717) is 13.2 Å². The quantitative estimate of drug-likeness (QED) is 0.188. The van der Waals surface area contributed by atoms with Crippen LogP contribution in [0.2, 0.25) is 0 Å². The van der Waals surface area contributed by atoms with Crippen molar-refractivity contribution in [3.63, 3.8) is 0 Å². The van der Waals surface area contributed by atoms with Crippen molar-refractivity contribution in [1.82, 2.24) is 19.8 Å². The van der Waals surface area contributed by atoms with E-state index in [-0.39, 0.29) is 11.9 Å². The largest absolute Gasteiger partial charge is 0.374 e. The van der Waals surface area contributed by atoms with Gasteiger partial charge < -0.3 is 19.9 Å². The lowest BCUT2D eigenvalue weighted by Gasteiger charge is -2.28. The number of thiocarbonyl (C=S) groups is 1. The van der Waals surface area contributed by atoms with Gasteiger partial charge in [0.15, 0.2) is 0 Å². The highest BCUT2D eigenvalue weighted by Gasteiger charge is 2.25. The summed E-state index contributed by atoms with van der Waals surface area (Å²) in [4.78, 5) is 16.8. The number of likely N-dealkylation sites (N-methyl/N-ethyl adjacent to an activating group) is 1. The molecule has 3 heterocycles. The van der Waals surface area contributed by atoms with Crippen molar-refractivity contribution in [1.29, 1.82) is 0 Å². The SMILES string of the molecule is CN(C)C/C=C/C(=S)N1CCc2c(sc3ncnc(N[C@H](COCc4cccc(F)c4)c4ccccc4)c23)C1. The molecule has 0 amide bonds. The van der Waals surface area contributed by atoms with Gasteiger partial charge >= 0.3 is 0 Å². The van der Waals surface area contributed by atoms with Gasteiger partial charge in [0.1, 0.15) is 27.8 Å². The molecule has 4 aromatic rings. The lowest BCUT2D eigenvalue weighted by Crippen LogP contribution is -2.33. The first kappa shape index (κ1) is 27.3. The van der Waals surface area contributed by atoms with Crippen LogP contribution in [0.3, 0.4) is 0 Å². The summed E-state index contributed by atoms with van der Waals surface area (Å²) < 4.78 is 19.7. The fraction of sp³-hybridized carbons (Fsp3) is 0.300. The van der Waals surface area contributed by atoms with Crippen molar-refractivity contribution in [2.75, 3.05) is 39.1 Å².